The highest BCUT2D eigenvalue weighted by Gasteiger charge is 2.83. The van der Waals surface area contributed by atoms with Crippen molar-refractivity contribution in [1.82, 2.24) is 0 Å². The fourth-order valence-corrected chi connectivity index (χ4v) is 6.67. The van der Waals surface area contributed by atoms with Crippen molar-refractivity contribution in [3.63, 3.8) is 0 Å². The molecule has 6 rings (SSSR count). The van der Waals surface area contributed by atoms with Crippen molar-refractivity contribution in [2.45, 2.75) is 80.5 Å². The summed E-state index contributed by atoms with van der Waals surface area (Å²) in [6, 6.07) is 11.4. The first kappa shape index (κ1) is 35.7. The minimum Gasteiger partial charge on any atom is -0.508 e. The van der Waals surface area contributed by atoms with Gasteiger partial charge in [0.15, 0.2) is 24.6 Å². The van der Waals surface area contributed by atoms with E-state index in [9.17, 15) is 44.4 Å². The van der Waals surface area contributed by atoms with Crippen LogP contribution in [0, 0.1) is 0 Å². The average molecular weight is 715 g/mol. The van der Waals surface area contributed by atoms with Crippen molar-refractivity contribution < 1.29 is 82.3 Å². The molecular formula is C34H34O17. The number of benzene rings is 2. The Bertz CT molecular complexity index is 1710. The van der Waals surface area contributed by atoms with Crippen molar-refractivity contribution in [1.29, 1.82) is 0 Å². The van der Waals surface area contributed by atoms with Gasteiger partial charge in [-0.05, 0) is 41.5 Å². The summed E-state index contributed by atoms with van der Waals surface area (Å²) in [6.45, 7) is 1.08. The van der Waals surface area contributed by atoms with E-state index in [-0.39, 0.29) is 11.5 Å². The van der Waals surface area contributed by atoms with Crippen molar-refractivity contribution in [3.8, 4) is 11.5 Å². The van der Waals surface area contributed by atoms with Crippen LogP contribution in [-0.4, -0.2) is 118 Å². The van der Waals surface area contributed by atoms with Crippen LogP contribution in [0.4, 0.5) is 0 Å². The second-order valence-electron chi connectivity index (χ2n) is 12.3. The predicted molar refractivity (Wildman–Crippen MR) is 164 cm³/mol. The highest BCUT2D eigenvalue weighted by atomic mass is 16.8. The van der Waals surface area contributed by atoms with Gasteiger partial charge >= 0.3 is 29.8 Å². The maximum atomic E-state index is 14.0. The number of carbonyl (C=O) groups excluding carboxylic acids is 5. The summed E-state index contributed by atoms with van der Waals surface area (Å²) in [6.07, 6.45) is -9.82. The molecule has 0 aliphatic carbocycles. The number of hydrogen-bond donors (Lipinski definition) is 4. The fourth-order valence-electron chi connectivity index (χ4n) is 6.67. The predicted octanol–water partition coefficient (Wildman–Crippen LogP) is 0.102. The molecule has 0 amide bonds. The van der Waals surface area contributed by atoms with Gasteiger partial charge in [0.1, 0.15) is 36.4 Å². The Hall–Kier alpha value is -5.07. The first-order valence-corrected chi connectivity index (χ1v) is 15.8. The van der Waals surface area contributed by atoms with Gasteiger partial charge < -0.3 is 58.3 Å². The lowest BCUT2D eigenvalue weighted by Crippen LogP contribution is -2.67. The number of aliphatic hydroxyl groups excluding tert-OH is 2. The Morgan fingerprint density at radius 1 is 0.922 bits per heavy atom. The largest absolute Gasteiger partial charge is 0.508 e. The summed E-state index contributed by atoms with van der Waals surface area (Å²) in [5, 5.41) is 41.8. The molecule has 4 aliphatic rings. The van der Waals surface area contributed by atoms with Crippen LogP contribution in [0.25, 0.3) is 6.08 Å². The molecule has 0 unspecified atom stereocenters. The minimum absolute atomic E-state index is 0.0172. The first-order chi connectivity index (χ1) is 24.2. The molecule has 4 saturated heterocycles. The Balaban J connectivity index is 1.37. The lowest BCUT2D eigenvalue weighted by molar-refractivity contribution is -0.389. The van der Waals surface area contributed by atoms with Crippen LogP contribution >= 0.6 is 0 Å². The highest BCUT2D eigenvalue weighted by molar-refractivity contribution is 5.93. The Morgan fingerprint density at radius 3 is 2.24 bits per heavy atom. The van der Waals surface area contributed by atoms with Gasteiger partial charge in [0.25, 0.3) is 11.4 Å². The van der Waals surface area contributed by atoms with Gasteiger partial charge in [0.2, 0.25) is 0 Å². The molecule has 17 heteroatoms. The van der Waals surface area contributed by atoms with Gasteiger partial charge in [-0.1, -0.05) is 24.3 Å². The summed E-state index contributed by atoms with van der Waals surface area (Å²) in [5.41, 5.74) is -1.60. The number of aliphatic hydroxyl groups is 2. The molecule has 0 radical (unpaired) electrons. The number of rotatable bonds is 9. The monoisotopic (exact) mass is 714 g/mol. The molecule has 2 aromatic rings. The molecular weight excluding hydrogens is 680 g/mol. The molecule has 0 saturated carbocycles. The standard InChI is InChI=1S/C34H34O17/c1-16(35)44-14-23-29(46-17(2)36)27(41)28(42)31(48-23)51-34-30(24(15-45-34)47-25(39)12-5-18-3-8-20(37)9-4-18)49-32(43)33(34)22(13-26(40)50-33)19-6-10-21(38)11-7-19/h3-12,22-24,27-31,37-38,41-42H,13-15H2,1-2H3/b12-5+/t22-,23-,24+,27-,28-,29-,30-,31+,33-,34-/m1/s1. The number of ether oxygens (including phenoxy) is 8. The number of phenolic OH excluding ortho intramolecular Hbond substituents is 2. The number of esters is 5. The zero-order valence-corrected chi connectivity index (χ0v) is 27.1. The summed E-state index contributed by atoms with van der Waals surface area (Å²) in [5.74, 6) is -8.34. The number of hydrogen-bond acceptors (Lipinski definition) is 17. The van der Waals surface area contributed by atoms with Crippen LogP contribution in [0.5, 0.6) is 11.5 Å². The van der Waals surface area contributed by atoms with Gasteiger partial charge in [-0.2, -0.15) is 0 Å². The van der Waals surface area contributed by atoms with Crippen molar-refractivity contribution in [2.24, 2.45) is 0 Å². The van der Waals surface area contributed by atoms with Crippen LogP contribution in [0.3, 0.4) is 0 Å². The topological polar surface area (TPSA) is 240 Å². The van der Waals surface area contributed by atoms with E-state index in [1.807, 2.05) is 0 Å². The zero-order valence-electron chi connectivity index (χ0n) is 27.1. The van der Waals surface area contributed by atoms with Gasteiger partial charge in [-0.25, -0.2) is 9.59 Å². The number of carbonyl (C=O) groups is 5. The maximum Gasteiger partial charge on any atom is 0.357 e. The molecule has 1 spiro atoms. The Kier molecular flexibility index (Phi) is 9.75. The molecule has 4 heterocycles. The Labute approximate surface area is 289 Å². The smallest absolute Gasteiger partial charge is 0.357 e. The third kappa shape index (κ3) is 6.61. The normalized spacial score (nSPS) is 34.2. The summed E-state index contributed by atoms with van der Waals surface area (Å²) < 4.78 is 45.6. The van der Waals surface area contributed by atoms with Crippen molar-refractivity contribution in [3.05, 3.63) is 65.7 Å². The first-order valence-electron chi connectivity index (χ1n) is 15.8. The number of phenols is 2. The minimum atomic E-state index is -2.52. The van der Waals surface area contributed by atoms with Crippen LogP contribution in [0.2, 0.25) is 0 Å². The number of aromatic hydroxyl groups is 2. The summed E-state index contributed by atoms with van der Waals surface area (Å²) in [4.78, 5) is 63.6. The van der Waals surface area contributed by atoms with E-state index in [0.717, 1.165) is 19.9 Å². The lowest BCUT2D eigenvalue weighted by Gasteiger charge is -2.46. The maximum absolute atomic E-state index is 14.0. The number of fused-ring (bicyclic) bond motifs is 2. The molecule has 4 N–H and O–H groups in total. The second-order valence-corrected chi connectivity index (χ2v) is 12.3. The molecule has 2 aromatic carbocycles. The van der Waals surface area contributed by atoms with Gasteiger partial charge in [-0.3, -0.25) is 14.4 Å². The van der Waals surface area contributed by atoms with E-state index >= 15 is 0 Å². The van der Waals surface area contributed by atoms with Crippen LogP contribution in [0.15, 0.2) is 54.6 Å². The van der Waals surface area contributed by atoms with E-state index in [4.69, 9.17) is 37.9 Å². The average Bonchev–Trinajstić information content (AvgIpc) is 3.69. The molecule has 0 aromatic heterocycles. The van der Waals surface area contributed by atoms with Crippen LogP contribution in [-0.2, 0) is 61.9 Å². The van der Waals surface area contributed by atoms with Crippen LogP contribution < -0.4 is 0 Å². The zero-order chi connectivity index (χ0) is 36.7. The highest BCUT2D eigenvalue weighted by Crippen LogP contribution is 2.59. The SMILES string of the molecule is CC(=O)OC[C@H]1O[C@@H](O[C@]23OC[C@H](OC(=O)/C=C/c4ccc(O)cc4)[C@H]2OC(=O)[C@@]32OC(=O)C[C@@H]2c2ccc(O)cc2)[C@H](O)[C@@H](O)[C@@H]1OC(C)=O. The summed E-state index contributed by atoms with van der Waals surface area (Å²) >= 11 is 0. The van der Waals surface area contributed by atoms with Gasteiger partial charge in [0, 0.05) is 19.9 Å². The molecule has 4 aliphatic heterocycles. The van der Waals surface area contributed by atoms with Gasteiger partial charge in [-0.15, -0.1) is 0 Å². The molecule has 51 heavy (non-hydrogen) atoms. The van der Waals surface area contributed by atoms with E-state index < -0.39 is 110 Å². The molecule has 272 valence electrons. The van der Waals surface area contributed by atoms with Crippen molar-refractivity contribution >= 4 is 35.9 Å². The third-order valence-corrected chi connectivity index (χ3v) is 8.92. The quantitative estimate of drug-likeness (QED) is 0.153. The molecule has 4 fully saturated rings. The van der Waals surface area contributed by atoms with E-state index in [0.29, 0.717) is 11.1 Å². The fraction of sp³-hybridized carbons (Fsp3) is 0.441. The van der Waals surface area contributed by atoms with E-state index in [1.54, 1.807) is 12.1 Å². The third-order valence-electron chi connectivity index (χ3n) is 8.92. The molecule has 0 bridgehead atoms. The lowest BCUT2D eigenvalue weighted by atomic mass is 9.75. The second kappa shape index (κ2) is 13.9. The molecule has 10 atom stereocenters. The van der Waals surface area contributed by atoms with Crippen molar-refractivity contribution in [2.75, 3.05) is 13.2 Å². The van der Waals surface area contributed by atoms with Crippen LogP contribution in [0.1, 0.15) is 37.3 Å². The summed E-state index contributed by atoms with van der Waals surface area (Å²) in [7, 11) is 0. The Morgan fingerprint density at radius 2 is 1.59 bits per heavy atom. The van der Waals surface area contributed by atoms with E-state index in [2.05, 4.69) is 0 Å². The van der Waals surface area contributed by atoms with E-state index in [1.165, 1.54) is 42.5 Å². The molecule has 17 nitrogen and oxygen atoms in total. The van der Waals surface area contributed by atoms with Gasteiger partial charge in [0.05, 0.1) is 18.9 Å².